The quantitative estimate of drug-likeness (QED) is 0.690. The van der Waals surface area contributed by atoms with Gasteiger partial charge in [-0.25, -0.2) is 14.6 Å². The Morgan fingerprint density at radius 1 is 1.25 bits per heavy atom. The fourth-order valence-electron chi connectivity index (χ4n) is 2.59. The van der Waals surface area contributed by atoms with Crippen LogP contribution in [-0.4, -0.2) is 51.7 Å². The number of alkyl halides is 3. The van der Waals surface area contributed by atoms with Crippen LogP contribution in [0.15, 0.2) is 36.8 Å². The maximum atomic E-state index is 12.2. The van der Waals surface area contributed by atoms with Crippen molar-refractivity contribution in [2.75, 3.05) is 26.0 Å². The van der Waals surface area contributed by atoms with Crippen LogP contribution in [0.3, 0.4) is 0 Å². The van der Waals surface area contributed by atoms with E-state index >= 15 is 0 Å². The zero-order valence-corrected chi connectivity index (χ0v) is 15.0. The molecule has 0 amide bonds. The molecule has 0 spiro atoms. The molecule has 0 saturated carbocycles. The number of nitrogens with one attached hydrogen (secondary N) is 1. The van der Waals surface area contributed by atoms with Crippen LogP contribution in [0.2, 0.25) is 0 Å². The number of rotatable bonds is 6. The van der Waals surface area contributed by atoms with Gasteiger partial charge in [0.2, 0.25) is 0 Å². The topological polar surface area (TPSA) is 91.9 Å². The Kier molecular flexibility index (Phi) is 5.32. The van der Waals surface area contributed by atoms with Gasteiger partial charge in [0.25, 0.3) is 0 Å². The molecule has 0 aliphatic rings. The maximum absolute atomic E-state index is 12.2. The highest BCUT2D eigenvalue weighted by molar-refractivity contribution is 5.88. The number of halogens is 3. The van der Waals surface area contributed by atoms with Crippen molar-refractivity contribution in [3.63, 3.8) is 0 Å². The molecule has 1 N–H and O–H groups in total. The third kappa shape index (κ3) is 4.47. The van der Waals surface area contributed by atoms with Crippen molar-refractivity contribution in [2.45, 2.75) is 12.4 Å². The molecule has 0 aliphatic carbocycles. The monoisotopic (exact) mass is 391 g/mol. The fourth-order valence-corrected chi connectivity index (χ4v) is 2.59. The molecular weight excluding hydrogens is 375 g/mol. The Morgan fingerprint density at radius 2 is 1.96 bits per heavy atom. The third-order valence-electron chi connectivity index (χ3n) is 3.72. The van der Waals surface area contributed by atoms with Crippen molar-refractivity contribution in [1.29, 1.82) is 5.26 Å². The lowest BCUT2D eigenvalue weighted by atomic mass is 10.3. The molecule has 8 nitrogen and oxygen atoms in total. The summed E-state index contributed by atoms with van der Waals surface area (Å²) >= 11 is 0. The smallest absolute Gasteiger partial charge is 0.406 e. The van der Waals surface area contributed by atoms with Crippen LogP contribution in [0.5, 0.6) is 5.75 Å². The maximum Gasteiger partial charge on any atom is 0.573 e. The van der Waals surface area contributed by atoms with Crippen LogP contribution < -0.4 is 10.1 Å². The molecule has 28 heavy (non-hydrogen) atoms. The number of anilines is 2. The van der Waals surface area contributed by atoms with E-state index in [0.29, 0.717) is 29.1 Å². The highest BCUT2D eigenvalue weighted by Gasteiger charge is 2.31. The molecule has 2 aromatic heterocycles. The fraction of sp³-hybridized carbons (Fsp3) is 0.294. The van der Waals surface area contributed by atoms with Crippen LogP contribution in [-0.2, 0) is 0 Å². The summed E-state index contributed by atoms with van der Waals surface area (Å²) in [4.78, 5) is 10.2. The molecule has 0 aliphatic heterocycles. The lowest BCUT2D eigenvalue weighted by Crippen LogP contribution is -2.24. The van der Waals surface area contributed by atoms with Crippen LogP contribution in [0.4, 0.5) is 24.7 Å². The minimum Gasteiger partial charge on any atom is -0.406 e. The number of benzene rings is 1. The van der Waals surface area contributed by atoms with Crippen molar-refractivity contribution >= 4 is 22.5 Å². The highest BCUT2D eigenvalue weighted by Crippen LogP contribution is 2.27. The lowest BCUT2D eigenvalue weighted by Gasteiger charge is -2.15. The summed E-state index contributed by atoms with van der Waals surface area (Å²) < 4.78 is 42.1. The minimum absolute atomic E-state index is 0.320. The zero-order valence-electron chi connectivity index (χ0n) is 15.0. The largest absolute Gasteiger partial charge is 0.573 e. The van der Waals surface area contributed by atoms with Crippen LogP contribution in [0, 0.1) is 11.3 Å². The Bertz CT molecular complexity index is 993. The molecule has 1 atom stereocenters. The van der Waals surface area contributed by atoms with Gasteiger partial charge >= 0.3 is 6.36 Å². The number of fused-ring (bicyclic) bond motifs is 1. The summed E-state index contributed by atoms with van der Waals surface area (Å²) in [6, 6.07) is 6.92. The van der Waals surface area contributed by atoms with E-state index in [-0.39, 0.29) is 5.75 Å². The van der Waals surface area contributed by atoms with E-state index < -0.39 is 12.4 Å². The predicted molar refractivity (Wildman–Crippen MR) is 94.9 cm³/mol. The predicted octanol–water partition coefficient (Wildman–Crippen LogP) is 3.09. The van der Waals surface area contributed by atoms with Gasteiger partial charge in [-0.2, -0.15) is 10.4 Å². The van der Waals surface area contributed by atoms with Crippen molar-refractivity contribution < 1.29 is 17.9 Å². The molecule has 2 heterocycles. The number of hydrogen-bond donors (Lipinski definition) is 1. The van der Waals surface area contributed by atoms with Gasteiger partial charge in [-0.15, -0.1) is 13.2 Å². The van der Waals surface area contributed by atoms with Crippen molar-refractivity contribution in [2.24, 2.45) is 0 Å². The molecule has 11 heteroatoms. The second-order valence-corrected chi connectivity index (χ2v) is 6.15. The lowest BCUT2D eigenvalue weighted by molar-refractivity contribution is -0.274. The summed E-state index contributed by atoms with van der Waals surface area (Å²) in [6.07, 6.45) is -1.88. The first-order valence-electron chi connectivity index (χ1n) is 8.12. The van der Waals surface area contributed by atoms with Crippen molar-refractivity contribution in [3.05, 3.63) is 36.8 Å². The van der Waals surface area contributed by atoms with Gasteiger partial charge in [-0.1, -0.05) is 0 Å². The second-order valence-electron chi connectivity index (χ2n) is 6.15. The van der Waals surface area contributed by atoms with Crippen molar-refractivity contribution in [1.82, 2.24) is 24.6 Å². The number of likely N-dealkylation sites (N-methyl/N-ethyl adjacent to an activating group) is 1. The number of aromatic nitrogens is 4. The summed E-state index contributed by atoms with van der Waals surface area (Å²) in [5.41, 5.74) is 0.982. The van der Waals surface area contributed by atoms with Crippen LogP contribution in [0.1, 0.15) is 6.04 Å². The summed E-state index contributed by atoms with van der Waals surface area (Å²) in [6.45, 7) is 0.459. The van der Waals surface area contributed by atoms with E-state index in [0.717, 1.165) is 0 Å². The average Bonchev–Trinajstić information content (AvgIpc) is 3.05. The normalized spacial score (nSPS) is 12.8. The van der Waals surface area contributed by atoms with Gasteiger partial charge in [0, 0.05) is 12.2 Å². The van der Waals surface area contributed by atoms with Crippen LogP contribution >= 0.6 is 0 Å². The van der Waals surface area contributed by atoms with Gasteiger partial charge in [-0.3, -0.25) is 0 Å². The van der Waals surface area contributed by atoms with Gasteiger partial charge in [0.15, 0.2) is 11.7 Å². The van der Waals surface area contributed by atoms with E-state index in [2.05, 4.69) is 31.2 Å². The van der Waals surface area contributed by atoms with E-state index in [9.17, 15) is 18.4 Å². The first-order valence-corrected chi connectivity index (χ1v) is 8.12. The van der Waals surface area contributed by atoms with E-state index in [1.165, 1.54) is 35.3 Å². The molecule has 1 aromatic carbocycles. The zero-order chi connectivity index (χ0) is 20.3. The molecular formula is C17H16F3N7O. The van der Waals surface area contributed by atoms with Gasteiger partial charge in [-0.05, 0) is 38.4 Å². The number of nitrogens with zero attached hydrogens (tertiary/aromatic N) is 6. The Labute approximate surface area is 158 Å². The molecule has 0 saturated heterocycles. The van der Waals surface area contributed by atoms with Gasteiger partial charge < -0.3 is 15.0 Å². The van der Waals surface area contributed by atoms with Crippen LogP contribution in [0.25, 0.3) is 11.0 Å². The number of ether oxygens (including phenoxy) is 1. The number of hydrogen-bond acceptors (Lipinski definition) is 7. The first-order chi connectivity index (χ1) is 13.3. The second kappa shape index (κ2) is 7.69. The van der Waals surface area contributed by atoms with E-state index in [4.69, 9.17) is 0 Å². The van der Waals surface area contributed by atoms with Gasteiger partial charge in [0.05, 0.1) is 17.7 Å². The SMILES string of the molecule is CN(C)CC(C#N)n1ncc2c(Nc3ccc(OC(F)(F)F)cc3)ncnc21. The average molecular weight is 391 g/mol. The molecule has 3 aromatic rings. The molecule has 3 rings (SSSR count). The Morgan fingerprint density at radius 3 is 2.57 bits per heavy atom. The summed E-state index contributed by atoms with van der Waals surface area (Å²) in [7, 11) is 3.70. The van der Waals surface area contributed by atoms with Gasteiger partial charge in [0.1, 0.15) is 17.9 Å². The molecule has 0 radical (unpaired) electrons. The molecule has 146 valence electrons. The molecule has 1 unspecified atom stereocenters. The first kappa shape index (κ1) is 19.4. The van der Waals surface area contributed by atoms with E-state index in [1.807, 2.05) is 19.0 Å². The number of nitriles is 1. The highest BCUT2D eigenvalue weighted by atomic mass is 19.4. The Balaban J connectivity index is 1.86. The molecule has 0 bridgehead atoms. The standard InChI is InChI=1S/C17H16F3N7O/c1-26(2)9-12(7-21)27-16-14(8-24-27)15(22-10-23-16)25-11-3-5-13(6-4-11)28-17(18,19)20/h3-6,8,10,12H,9H2,1-2H3,(H,22,23,25). The minimum atomic E-state index is -4.74. The summed E-state index contributed by atoms with van der Waals surface area (Å²) in [5, 5.41) is 17.3. The van der Waals surface area contributed by atoms with Crippen molar-refractivity contribution in [3.8, 4) is 11.8 Å². The molecule has 0 fully saturated rings. The Hall–Kier alpha value is -3.39. The third-order valence-corrected chi connectivity index (χ3v) is 3.72. The van der Waals surface area contributed by atoms with E-state index in [1.54, 1.807) is 6.20 Å². The summed E-state index contributed by atoms with van der Waals surface area (Å²) in [5.74, 6) is 0.0986.